The van der Waals surface area contributed by atoms with E-state index in [1.54, 1.807) is 0 Å². The van der Waals surface area contributed by atoms with Crippen molar-refractivity contribution in [2.45, 2.75) is 64.2 Å². The van der Waals surface area contributed by atoms with E-state index in [1.807, 2.05) is 18.2 Å². The van der Waals surface area contributed by atoms with E-state index in [0.29, 0.717) is 6.42 Å². The molecular formula is C22H30FN. The molecule has 0 saturated heterocycles. The van der Waals surface area contributed by atoms with Crippen molar-refractivity contribution in [2.75, 3.05) is 6.67 Å². The van der Waals surface area contributed by atoms with Crippen LogP contribution in [0.3, 0.4) is 0 Å². The highest BCUT2D eigenvalue weighted by molar-refractivity contribution is 5.31. The highest BCUT2D eigenvalue weighted by Crippen LogP contribution is 2.34. The second kappa shape index (κ2) is 11.0. The van der Waals surface area contributed by atoms with Gasteiger partial charge in [0.15, 0.2) is 0 Å². The number of unbranched alkanes of at least 4 members (excludes halogenated alkanes) is 1. The third-order valence-electron chi connectivity index (χ3n) is 5.32. The van der Waals surface area contributed by atoms with Gasteiger partial charge in [0.1, 0.15) is 0 Å². The van der Waals surface area contributed by atoms with E-state index in [-0.39, 0.29) is 6.67 Å². The lowest BCUT2D eigenvalue weighted by molar-refractivity contribution is 0.250. The Kier molecular flexibility index (Phi) is 8.60. The van der Waals surface area contributed by atoms with Crippen LogP contribution in [0.2, 0.25) is 0 Å². The number of alkyl halides is 1. The fourth-order valence-corrected chi connectivity index (χ4v) is 3.75. The summed E-state index contributed by atoms with van der Waals surface area (Å²) in [6, 6.07) is 10.2. The molecular weight excluding hydrogens is 297 g/mol. The van der Waals surface area contributed by atoms with E-state index in [0.717, 1.165) is 30.2 Å². The molecule has 2 heteroatoms. The summed E-state index contributed by atoms with van der Waals surface area (Å²) in [5, 5.41) is 8.83. The van der Waals surface area contributed by atoms with E-state index in [2.05, 4.69) is 24.3 Å². The van der Waals surface area contributed by atoms with Gasteiger partial charge in [-0.05, 0) is 61.6 Å². The molecule has 0 spiro atoms. The van der Waals surface area contributed by atoms with Crippen molar-refractivity contribution in [3.8, 4) is 6.07 Å². The maximum atomic E-state index is 12.0. The number of aryl methyl sites for hydroxylation is 1. The number of nitrogens with zero attached hydrogens (tertiary/aromatic N) is 1. The van der Waals surface area contributed by atoms with Gasteiger partial charge in [0, 0.05) is 0 Å². The van der Waals surface area contributed by atoms with Crippen molar-refractivity contribution in [1.29, 1.82) is 5.26 Å². The van der Waals surface area contributed by atoms with E-state index in [1.165, 1.54) is 50.5 Å². The number of rotatable bonds is 9. The van der Waals surface area contributed by atoms with Crippen LogP contribution in [0, 0.1) is 23.2 Å². The maximum absolute atomic E-state index is 12.0. The fraction of sp³-hybridized carbons (Fsp3) is 0.591. The second-order valence-electron chi connectivity index (χ2n) is 7.11. The summed E-state index contributed by atoms with van der Waals surface area (Å²) in [7, 11) is 0. The summed E-state index contributed by atoms with van der Waals surface area (Å²) in [6.07, 6.45) is 16.3. The minimum atomic E-state index is -0.233. The number of hydrogen-bond donors (Lipinski definition) is 0. The van der Waals surface area contributed by atoms with Crippen LogP contribution in [-0.2, 0) is 6.42 Å². The summed E-state index contributed by atoms with van der Waals surface area (Å²) in [6.45, 7) is -0.233. The Hall–Kier alpha value is -1.62. The first-order valence-corrected chi connectivity index (χ1v) is 9.52. The molecule has 24 heavy (non-hydrogen) atoms. The Morgan fingerprint density at radius 1 is 0.958 bits per heavy atom. The van der Waals surface area contributed by atoms with Crippen molar-refractivity contribution in [3.63, 3.8) is 0 Å². The predicted molar refractivity (Wildman–Crippen MR) is 98.5 cm³/mol. The Labute approximate surface area is 146 Å². The van der Waals surface area contributed by atoms with Crippen molar-refractivity contribution in [2.24, 2.45) is 11.8 Å². The highest BCUT2D eigenvalue weighted by atomic mass is 19.1. The average Bonchev–Trinajstić information content (AvgIpc) is 2.64. The Bertz CT molecular complexity index is 518. The van der Waals surface area contributed by atoms with E-state index in [4.69, 9.17) is 5.26 Å². The third-order valence-corrected chi connectivity index (χ3v) is 5.32. The van der Waals surface area contributed by atoms with Gasteiger partial charge in [-0.2, -0.15) is 5.26 Å². The average molecular weight is 327 g/mol. The predicted octanol–water partition coefficient (Wildman–Crippen LogP) is 6.38. The lowest BCUT2D eigenvalue weighted by Gasteiger charge is -2.28. The smallest absolute Gasteiger partial charge is 0.0991 e. The number of nitriles is 1. The van der Waals surface area contributed by atoms with Crippen LogP contribution in [0.1, 0.15) is 68.9 Å². The molecule has 0 amide bonds. The molecule has 1 aromatic carbocycles. The van der Waals surface area contributed by atoms with Crippen LogP contribution in [0.4, 0.5) is 4.39 Å². The standard InChI is InChI=1S/C22H30FN/c23-17-5-3-1-2-4-6-19-7-9-20(10-8-19)11-12-21-13-15-22(18-24)16-14-21/h1,3,13-16,19-20H,2,4-12,17H2/b3-1+/t19-,20-. The molecule has 0 bridgehead atoms. The molecule has 1 fully saturated rings. The number of hydrogen-bond acceptors (Lipinski definition) is 1. The number of allylic oxidation sites excluding steroid dienone is 2. The Morgan fingerprint density at radius 3 is 2.21 bits per heavy atom. The normalized spacial score (nSPS) is 21.0. The quantitative estimate of drug-likeness (QED) is 0.381. The molecule has 1 nitrogen and oxygen atoms in total. The van der Waals surface area contributed by atoms with Crippen molar-refractivity contribution >= 4 is 0 Å². The molecule has 0 aromatic heterocycles. The van der Waals surface area contributed by atoms with Gasteiger partial charge in [-0.3, -0.25) is 4.39 Å². The molecule has 0 aliphatic heterocycles. The van der Waals surface area contributed by atoms with Gasteiger partial charge in [-0.25, -0.2) is 0 Å². The Balaban J connectivity index is 1.58. The highest BCUT2D eigenvalue weighted by Gasteiger charge is 2.20. The number of halogens is 1. The first-order chi connectivity index (χ1) is 11.8. The van der Waals surface area contributed by atoms with Crippen LogP contribution in [0.15, 0.2) is 36.4 Å². The lowest BCUT2D eigenvalue weighted by atomic mass is 9.78. The van der Waals surface area contributed by atoms with Gasteiger partial charge in [-0.15, -0.1) is 0 Å². The summed E-state index contributed by atoms with van der Waals surface area (Å²) in [5.74, 6) is 1.78. The van der Waals surface area contributed by atoms with Gasteiger partial charge >= 0.3 is 0 Å². The lowest BCUT2D eigenvalue weighted by Crippen LogP contribution is -2.15. The zero-order valence-electron chi connectivity index (χ0n) is 14.7. The molecule has 0 radical (unpaired) electrons. The molecule has 0 unspecified atom stereocenters. The maximum Gasteiger partial charge on any atom is 0.0991 e. The summed E-state index contributed by atoms with van der Waals surface area (Å²) < 4.78 is 12.0. The fourth-order valence-electron chi connectivity index (χ4n) is 3.75. The van der Waals surface area contributed by atoms with Gasteiger partial charge < -0.3 is 0 Å². The van der Waals surface area contributed by atoms with Crippen LogP contribution >= 0.6 is 0 Å². The summed E-state index contributed by atoms with van der Waals surface area (Å²) in [4.78, 5) is 0. The monoisotopic (exact) mass is 327 g/mol. The van der Waals surface area contributed by atoms with Crippen molar-refractivity contribution < 1.29 is 4.39 Å². The van der Waals surface area contributed by atoms with E-state index in [9.17, 15) is 4.39 Å². The largest absolute Gasteiger partial charge is 0.251 e. The first-order valence-electron chi connectivity index (χ1n) is 9.52. The van der Waals surface area contributed by atoms with Crippen LogP contribution in [0.25, 0.3) is 0 Å². The molecule has 1 aliphatic carbocycles. The van der Waals surface area contributed by atoms with Crippen LogP contribution < -0.4 is 0 Å². The van der Waals surface area contributed by atoms with Crippen molar-refractivity contribution in [1.82, 2.24) is 0 Å². The molecule has 0 N–H and O–H groups in total. The topological polar surface area (TPSA) is 23.8 Å². The summed E-state index contributed by atoms with van der Waals surface area (Å²) >= 11 is 0. The molecule has 0 heterocycles. The zero-order chi connectivity index (χ0) is 17.0. The van der Waals surface area contributed by atoms with Gasteiger partial charge in [0.2, 0.25) is 0 Å². The molecule has 1 aromatic rings. The van der Waals surface area contributed by atoms with E-state index < -0.39 is 0 Å². The minimum absolute atomic E-state index is 0.233. The van der Waals surface area contributed by atoms with Crippen LogP contribution in [-0.4, -0.2) is 6.67 Å². The molecule has 1 saturated carbocycles. The molecule has 1 aliphatic rings. The van der Waals surface area contributed by atoms with Gasteiger partial charge in [0.05, 0.1) is 18.3 Å². The third kappa shape index (κ3) is 6.87. The molecule has 2 rings (SSSR count). The second-order valence-corrected chi connectivity index (χ2v) is 7.11. The van der Waals surface area contributed by atoms with E-state index >= 15 is 0 Å². The molecule has 130 valence electrons. The number of benzene rings is 1. The zero-order valence-corrected chi connectivity index (χ0v) is 14.7. The van der Waals surface area contributed by atoms with Crippen molar-refractivity contribution in [3.05, 3.63) is 47.5 Å². The summed E-state index contributed by atoms with van der Waals surface area (Å²) in [5.41, 5.74) is 2.11. The molecule has 0 atom stereocenters. The minimum Gasteiger partial charge on any atom is -0.251 e. The van der Waals surface area contributed by atoms with Crippen LogP contribution in [0.5, 0.6) is 0 Å². The first kappa shape index (κ1) is 18.7. The SMILES string of the molecule is N#Cc1ccc(CC[C@H]2CC[C@H](CCC/C=C/CCF)CC2)cc1. The van der Waals surface area contributed by atoms with Gasteiger partial charge in [0.25, 0.3) is 0 Å². The Morgan fingerprint density at radius 2 is 1.58 bits per heavy atom. The van der Waals surface area contributed by atoms with Gasteiger partial charge in [-0.1, -0.05) is 56.4 Å².